The molecule has 0 unspecified atom stereocenters. The molecule has 0 aliphatic carbocycles. The van der Waals surface area contributed by atoms with Crippen LogP contribution in [0.4, 0.5) is 4.79 Å². The molecular weight excluding hydrogens is 346 g/mol. The second-order valence-corrected chi connectivity index (χ2v) is 6.57. The van der Waals surface area contributed by atoms with Crippen molar-refractivity contribution in [1.82, 2.24) is 4.90 Å². The summed E-state index contributed by atoms with van der Waals surface area (Å²) in [6, 6.07) is 13.3. The maximum absolute atomic E-state index is 12.4. The van der Waals surface area contributed by atoms with Gasteiger partial charge in [-0.25, -0.2) is 4.79 Å². The van der Waals surface area contributed by atoms with Crippen molar-refractivity contribution in [2.75, 3.05) is 13.1 Å². The molecule has 0 atom stereocenters. The van der Waals surface area contributed by atoms with Crippen molar-refractivity contribution in [3.63, 3.8) is 0 Å². The number of piperidine rings is 1. The van der Waals surface area contributed by atoms with Crippen LogP contribution >= 0.6 is 0 Å². The van der Waals surface area contributed by atoms with Crippen molar-refractivity contribution in [3.05, 3.63) is 58.8 Å². The Morgan fingerprint density at radius 2 is 1.78 bits per heavy atom. The molecule has 1 fully saturated rings. The summed E-state index contributed by atoms with van der Waals surface area (Å²) in [7, 11) is 0. The molecule has 1 saturated heterocycles. The van der Waals surface area contributed by atoms with Crippen molar-refractivity contribution in [2.45, 2.75) is 19.3 Å². The number of ether oxygens (including phenoxy) is 1. The molecule has 138 valence electrons. The van der Waals surface area contributed by atoms with Crippen LogP contribution in [0.15, 0.2) is 57.7 Å². The van der Waals surface area contributed by atoms with E-state index in [2.05, 4.69) is 0 Å². The molecule has 4 rings (SSSR count). The van der Waals surface area contributed by atoms with Crippen LogP contribution < -0.4 is 10.2 Å². The van der Waals surface area contributed by atoms with Crippen LogP contribution in [0, 0.1) is 0 Å². The number of carbonyl (C=O) groups is 1. The number of hydrogen-bond acceptors (Lipinski definition) is 5. The number of hydrogen-bond donors (Lipinski definition) is 1. The number of rotatable bonds is 2. The molecule has 1 amide bonds. The van der Waals surface area contributed by atoms with Gasteiger partial charge in [0.2, 0.25) is 0 Å². The van der Waals surface area contributed by atoms with Crippen LogP contribution in [0.3, 0.4) is 0 Å². The van der Waals surface area contributed by atoms with E-state index in [0.29, 0.717) is 18.8 Å². The van der Waals surface area contributed by atoms with Crippen LogP contribution in [-0.4, -0.2) is 29.2 Å². The molecule has 1 aliphatic rings. The van der Waals surface area contributed by atoms with E-state index in [1.165, 1.54) is 18.2 Å². The third kappa shape index (κ3) is 3.51. The first-order valence-corrected chi connectivity index (χ1v) is 8.95. The molecule has 0 saturated carbocycles. The van der Waals surface area contributed by atoms with Crippen molar-refractivity contribution in [1.29, 1.82) is 0 Å². The summed E-state index contributed by atoms with van der Waals surface area (Å²) in [6.45, 7) is 1.32. The van der Waals surface area contributed by atoms with Crippen molar-refractivity contribution < 1.29 is 19.1 Å². The van der Waals surface area contributed by atoms with Gasteiger partial charge in [0.25, 0.3) is 0 Å². The minimum Gasteiger partial charge on any atom is -0.507 e. The summed E-state index contributed by atoms with van der Waals surface area (Å²) in [5.41, 5.74) is 0.552. The molecule has 1 N–H and O–H groups in total. The first-order chi connectivity index (χ1) is 13.1. The molecule has 0 radical (unpaired) electrons. The zero-order chi connectivity index (χ0) is 18.8. The Morgan fingerprint density at radius 1 is 1.04 bits per heavy atom. The molecule has 1 aromatic heterocycles. The van der Waals surface area contributed by atoms with Gasteiger partial charge >= 0.3 is 6.09 Å². The highest BCUT2D eigenvalue weighted by Crippen LogP contribution is 2.31. The molecule has 1 aliphatic heterocycles. The molecule has 3 aromatic rings. The maximum atomic E-state index is 12.4. The highest BCUT2D eigenvalue weighted by Gasteiger charge is 2.20. The first kappa shape index (κ1) is 17.1. The number of benzene rings is 2. The number of carbonyl (C=O) groups excluding carboxylic acids is 1. The van der Waals surface area contributed by atoms with Gasteiger partial charge in [-0.2, -0.15) is 0 Å². The van der Waals surface area contributed by atoms with E-state index in [4.69, 9.17) is 9.15 Å². The minimum absolute atomic E-state index is 0.0625. The molecule has 2 aromatic carbocycles. The first-order valence-electron chi connectivity index (χ1n) is 8.95. The van der Waals surface area contributed by atoms with Gasteiger partial charge in [-0.3, -0.25) is 4.79 Å². The lowest BCUT2D eigenvalue weighted by Crippen LogP contribution is -2.37. The summed E-state index contributed by atoms with van der Waals surface area (Å²) in [5.74, 6) is 0.248. The number of fused-ring (bicyclic) bond motifs is 1. The Balaban J connectivity index is 1.71. The second kappa shape index (κ2) is 7.15. The second-order valence-electron chi connectivity index (χ2n) is 6.57. The van der Waals surface area contributed by atoms with Crippen LogP contribution in [0.5, 0.6) is 11.5 Å². The van der Waals surface area contributed by atoms with Gasteiger partial charge in [-0.15, -0.1) is 0 Å². The molecule has 6 nitrogen and oxygen atoms in total. The molecule has 2 heterocycles. The summed E-state index contributed by atoms with van der Waals surface area (Å²) in [5, 5.41) is 10.3. The SMILES string of the molecule is O=C(Oc1cc(O)c2c(=O)cc(-c3ccccc3)oc2c1)N1CCCCC1. The lowest BCUT2D eigenvalue weighted by molar-refractivity contribution is 0.142. The third-order valence-corrected chi connectivity index (χ3v) is 4.66. The van der Waals surface area contributed by atoms with E-state index in [9.17, 15) is 14.7 Å². The number of nitrogens with zero attached hydrogens (tertiary/aromatic N) is 1. The molecule has 0 bridgehead atoms. The van der Waals surface area contributed by atoms with E-state index in [1.54, 1.807) is 4.90 Å². The molecule has 0 spiro atoms. The topological polar surface area (TPSA) is 80.0 Å². The Kier molecular flexibility index (Phi) is 4.54. The largest absolute Gasteiger partial charge is 0.507 e. The van der Waals surface area contributed by atoms with Crippen molar-refractivity contribution >= 4 is 17.1 Å². The zero-order valence-corrected chi connectivity index (χ0v) is 14.7. The number of phenolic OH excluding ortho intramolecular Hbond substituents is 1. The number of phenols is 1. The summed E-state index contributed by atoms with van der Waals surface area (Å²) in [6.07, 6.45) is 2.55. The van der Waals surface area contributed by atoms with Crippen LogP contribution in [0.2, 0.25) is 0 Å². The Morgan fingerprint density at radius 3 is 2.52 bits per heavy atom. The molecular formula is C21H19NO5. The predicted octanol–water partition coefficient (Wildman–Crippen LogP) is 4.15. The lowest BCUT2D eigenvalue weighted by Gasteiger charge is -2.25. The number of aromatic hydroxyl groups is 1. The summed E-state index contributed by atoms with van der Waals surface area (Å²) < 4.78 is 11.2. The Labute approximate surface area is 155 Å². The lowest BCUT2D eigenvalue weighted by atomic mass is 10.1. The average molecular weight is 365 g/mol. The van der Waals surface area contributed by atoms with Gasteiger partial charge in [0.05, 0.1) is 0 Å². The standard InChI is InChI=1S/C21H19NO5/c23-16-11-15(26-21(25)22-9-5-2-6-10-22)12-19-20(16)17(24)13-18(27-19)14-7-3-1-4-8-14/h1,3-4,7-8,11-13,23H,2,5-6,9-10H2. The fraction of sp³-hybridized carbons (Fsp3) is 0.238. The normalized spacial score (nSPS) is 14.3. The summed E-state index contributed by atoms with van der Waals surface area (Å²) in [4.78, 5) is 26.4. The van der Waals surface area contributed by atoms with E-state index in [1.807, 2.05) is 30.3 Å². The molecule has 27 heavy (non-hydrogen) atoms. The summed E-state index contributed by atoms with van der Waals surface area (Å²) >= 11 is 0. The Bertz CT molecular complexity index is 1040. The van der Waals surface area contributed by atoms with Gasteiger partial charge in [0, 0.05) is 36.9 Å². The van der Waals surface area contributed by atoms with Gasteiger partial charge in [0.1, 0.15) is 28.2 Å². The quantitative estimate of drug-likeness (QED) is 0.738. The van der Waals surface area contributed by atoms with E-state index in [-0.39, 0.29) is 27.9 Å². The van der Waals surface area contributed by atoms with E-state index in [0.717, 1.165) is 24.8 Å². The van der Waals surface area contributed by atoms with Crippen LogP contribution in [0.1, 0.15) is 19.3 Å². The van der Waals surface area contributed by atoms with Crippen LogP contribution in [0.25, 0.3) is 22.3 Å². The minimum atomic E-state index is -0.463. The van der Waals surface area contributed by atoms with Crippen molar-refractivity contribution in [3.8, 4) is 22.8 Å². The zero-order valence-electron chi connectivity index (χ0n) is 14.7. The highest BCUT2D eigenvalue weighted by atomic mass is 16.6. The maximum Gasteiger partial charge on any atom is 0.415 e. The third-order valence-electron chi connectivity index (χ3n) is 4.66. The van der Waals surface area contributed by atoms with E-state index >= 15 is 0 Å². The predicted molar refractivity (Wildman–Crippen MR) is 101 cm³/mol. The monoisotopic (exact) mass is 365 g/mol. The Hall–Kier alpha value is -3.28. The van der Waals surface area contributed by atoms with Gasteiger partial charge < -0.3 is 19.2 Å². The van der Waals surface area contributed by atoms with Gasteiger partial charge in [-0.05, 0) is 19.3 Å². The fourth-order valence-electron chi connectivity index (χ4n) is 3.29. The highest BCUT2D eigenvalue weighted by molar-refractivity contribution is 5.86. The van der Waals surface area contributed by atoms with Gasteiger partial charge in [-0.1, -0.05) is 30.3 Å². The smallest absolute Gasteiger partial charge is 0.415 e. The van der Waals surface area contributed by atoms with E-state index < -0.39 is 6.09 Å². The van der Waals surface area contributed by atoms with Crippen molar-refractivity contribution in [2.24, 2.45) is 0 Å². The average Bonchev–Trinajstić information content (AvgIpc) is 2.68. The van der Waals surface area contributed by atoms with Gasteiger partial charge in [0.15, 0.2) is 5.43 Å². The van der Waals surface area contributed by atoms with Crippen LogP contribution in [-0.2, 0) is 0 Å². The molecule has 6 heteroatoms. The fourth-order valence-corrected chi connectivity index (χ4v) is 3.29. The number of likely N-dealkylation sites (tertiary alicyclic amines) is 1. The number of amides is 1.